The maximum atomic E-state index is 12.0. The van der Waals surface area contributed by atoms with Crippen molar-refractivity contribution in [2.45, 2.75) is 24.9 Å². The smallest absolute Gasteiger partial charge is 0.191 e. The lowest BCUT2D eigenvalue weighted by Crippen LogP contribution is -2.03. The Morgan fingerprint density at radius 1 is 1.32 bits per heavy atom. The molecule has 0 atom stereocenters. The number of benzene rings is 1. The van der Waals surface area contributed by atoms with Gasteiger partial charge in [-0.25, -0.2) is 0 Å². The zero-order chi connectivity index (χ0) is 13.7. The van der Waals surface area contributed by atoms with Gasteiger partial charge < -0.3 is 4.57 Å². The summed E-state index contributed by atoms with van der Waals surface area (Å²) >= 11 is 1.41. The lowest BCUT2D eigenvalue weighted by atomic mass is 10.1. The predicted octanol–water partition coefficient (Wildman–Crippen LogP) is 2.74. The van der Waals surface area contributed by atoms with Gasteiger partial charge in [0.25, 0.3) is 0 Å². The molecule has 2 aromatic rings. The van der Waals surface area contributed by atoms with Crippen LogP contribution in [0.15, 0.2) is 35.7 Å². The lowest BCUT2D eigenvalue weighted by molar-refractivity contribution is 0.102. The molecule has 0 amide bonds. The maximum absolute atomic E-state index is 12.0. The molecular weight excluding hydrogens is 258 g/mol. The number of nitrogens with zero attached hydrogens (tertiary/aromatic N) is 3. The van der Waals surface area contributed by atoms with E-state index in [1.54, 1.807) is 6.33 Å². The minimum absolute atomic E-state index is 0.121. The summed E-state index contributed by atoms with van der Waals surface area (Å²) < 4.78 is 1.81. The van der Waals surface area contributed by atoms with Crippen molar-refractivity contribution in [1.82, 2.24) is 14.8 Å². The van der Waals surface area contributed by atoms with Crippen molar-refractivity contribution in [2.75, 3.05) is 5.75 Å². The number of hydrogen-bond acceptors (Lipinski definition) is 4. The van der Waals surface area contributed by atoms with Gasteiger partial charge in [0.15, 0.2) is 10.9 Å². The largest absolute Gasteiger partial charge is 0.312 e. The molecule has 0 unspecified atom stereocenters. The van der Waals surface area contributed by atoms with Gasteiger partial charge in [-0.2, -0.15) is 0 Å². The highest BCUT2D eigenvalue weighted by molar-refractivity contribution is 7.99. The summed E-state index contributed by atoms with van der Waals surface area (Å²) in [6.07, 6.45) is 3.81. The molecule has 4 nitrogen and oxygen atoms in total. The highest BCUT2D eigenvalue weighted by atomic mass is 32.2. The SMILES string of the molecule is CCCc1ccc(C(=O)CSc2nncn2C)cc1. The molecule has 0 aliphatic rings. The van der Waals surface area contributed by atoms with Crippen LogP contribution < -0.4 is 0 Å². The Bertz CT molecular complexity index is 548. The second kappa shape index (κ2) is 6.52. The van der Waals surface area contributed by atoms with Crippen molar-refractivity contribution < 1.29 is 4.79 Å². The standard InChI is InChI=1S/C14H17N3OS/c1-3-4-11-5-7-12(8-6-11)13(18)9-19-14-16-15-10-17(14)2/h5-8,10H,3-4,9H2,1-2H3. The van der Waals surface area contributed by atoms with Crippen molar-refractivity contribution in [3.63, 3.8) is 0 Å². The van der Waals surface area contributed by atoms with Gasteiger partial charge in [0.2, 0.25) is 0 Å². The maximum Gasteiger partial charge on any atom is 0.191 e. The van der Waals surface area contributed by atoms with Crippen LogP contribution in [-0.4, -0.2) is 26.3 Å². The summed E-state index contributed by atoms with van der Waals surface area (Å²) in [7, 11) is 1.87. The van der Waals surface area contributed by atoms with Gasteiger partial charge in [-0.3, -0.25) is 4.79 Å². The van der Waals surface area contributed by atoms with Crippen molar-refractivity contribution >= 4 is 17.5 Å². The molecule has 1 heterocycles. The number of hydrogen-bond donors (Lipinski definition) is 0. The molecule has 0 bridgehead atoms. The fraction of sp³-hybridized carbons (Fsp3) is 0.357. The van der Waals surface area contributed by atoms with Crippen LogP contribution in [0.2, 0.25) is 0 Å². The fourth-order valence-corrected chi connectivity index (χ4v) is 2.55. The molecule has 0 aliphatic heterocycles. The Balaban J connectivity index is 1.94. The summed E-state index contributed by atoms with van der Waals surface area (Å²) in [5.74, 6) is 0.510. The van der Waals surface area contributed by atoms with Crippen LogP contribution in [0.1, 0.15) is 29.3 Å². The zero-order valence-electron chi connectivity index (χ0n) is 11.2. The van der Waals surface area contributed by atoms with Crippen LogP contribution in [0.3, 0.4) is 0 Å². The number of ketones is 1. The molecule has 0 spiro atoms. The molecule has 2 rings (SSSR count). The summed E-state index contributed by atoms with van der Waals surface area (Å²) in [4.78, 5) is 12.0. The highest BCUT2D eigenvalue weighted by Gasteiger charge is 2.09. The Labute approximate surface area is 117 Å². The molecule has 0 fully saturated rings. The van der Waals surface area contributed by atoms with E-state index < -0.39 is 0 Å². The number of thioether (sulfide) groups is 1. The van der Waals surface area contributed by atoms with Gasteiger partial charge in [0, 0.05) is 12.6 Å². The third-order valence-corrected chi connectivity index (χ3v) is 3.85. The molecule has 1 aromatic carbocycles. The third-order valence-electron chi connectivity index (χ3n) is 2.82. The Hall–Kier alpha value is -1.62. The second-order valence-corrected chi connectivity index (χ2v) is 5.33. The first kappa shape index (κ1) is 13.8. The predicted molar refractivity (Wildman–Crippen MR) is 76.5 cm³/mol. The minimum atomic E-state index is 0.121. The topological polar surface area (TPSA) is 47.8 Å². The van der Waals surface area contributed by atoms with E-state index >= 15 is 0 Å². The first-order chi connectivity index (χ1) is 9.20. The molecule has 19 heavy (non-hydrogen) atoms. The monoisotopic (exact) mass is 275 g/mol. The number of aryl methyl sites for hydroxylation is 2. The van der Waals surface area contributed by atoms with Gasteiger partial charge in [0.1, 0.15) is 6.33 Å². The molecule has 0 N–H and O–H groups in total. The molecule has 0 radical (unpaired) electrons. The first-order valence-electron chi connectivity index (χ1n) is 6.29. The Morgan fingerprint density at radius 2 is 2.05 bits per heavy atom. The fourth-order valence-electron chi connectivity index (χ4n) is 1.76. The average molecular weight is 275 g/mol. The Morgan fingerprint density at radius 3 is 2.63 bits per heavy atom. The van der Waals surface area contributed by atoms with Crippen molar-refractivity contribution in [1.29, 1.82) is 0 Å². The third kappa shape index (κ3) is 3.67. The van der Waals surface area contributed by atoms with Gasteiger partial charge in [-0.05, 0) is 12.0 Å². The molecule has 100 valence electrons. The second-order valence-electron chi connectivity index (χ2n) is 4.38. The van der Waals surface area contributed by atoms with E-state index in [-0.39, 0.29) is 5.78 Å². The molecule has 0 aliphatic carbocycles. The number of aromatic nitrogens is 3. The van der Waals surface area contributed by atoms with Crippen LogP contribution in [-0.2, 0) is 13.5 Å². The van der Waals surface area contributed by atoms with Crippen LogP contribution in [0.4, 0.5) is 0 Å². The number of rotatable bonds is 6. The normalized spacial score (nSPS) is 10.6. The van der Waals surface area contributed by atoms with Gasteiger partial charge in [-0.1, -0.05) is 49.4 Å². The van der Waals surface area contributed by atoms with E-state index in [2.05, 4.69) is 17.1 Å². The molecule has 0 saturated carbocycles. The highest BCUT2D eigenvalue weighted by Crippen LogP contribution is 2.16. The van der Waals surface area contributed by atoms with Crippen LogP contribution in [0.5, 0.6) is 0 Å². The summed E-state index contributed by atoms with van der Waals surface area (Å²) in [5.41, 5.74) is 2.04. The minimum Gasteiger partial charge on any atom is -0.312 e. The Kier molecular flexibility index (Phi) is 4.74. The number of carbonyl (C=O) groups is 1. The quantitative estimate of drug-likeness (QED) is 0.601. The van der Waals surface area contributed by atoms with Gasteiger partial charge in [0.05, 0.1) is 5.75 Å². The summed E-state index contributed by atoms with van der Waals surface area (Å²) in [5, 5.41) is 8.49. The van der Waals surface area contributed by atoms with Gasteiger partial charge >= 0.3 is 0 Å². The van der Waals surface area contributed by atoms with E-state index in [9.17, 15) is 4.79 Å². The number of Topliss-reactive ketones (excluding diaryl/α,β-unsaturated/α-hetero) is 1. The first-order valence-corrected chi connectivity index (χ1v) is 7.28. The van der Waals surface area contributed by atoms with Crippen molar-refractivity contribution in [3.8, 4) is 0 Å². The van der Waals surface area contributed by atoms with Crippen molar-refractivity contribution in [3.05, 3.63) is 41.7 Å². The van der Waals surface area contributed by atoms with Crippen molar-refractivity contribution in [2.24, 2.45) is 7.05 Å². The van der Waals surface area contributed by atoms with E-state index in [0.29, 0.717) is 5.75 Å². The van der Waals surface area contributed by atoms with E-state index in [1.807, 2.05) is 35.9 Å². The summed E-state index contributed by atoms with van der Waals surface area (Å²) in [6.45, 7) is 2.15. The molecular formula is C14H17N3OS. The van der Waals surface area contributed by atoms with Crippen LogP contribution >= 0.6 is 11.8 Å². The average Bonchev–Trinajstić information content (AvgIpc) is 2.83. The zero-order valence-corrected chi connectivity index (χ0v) is 12.0. The number of carbonyl (C=O) groups excluding carboxylic acids is 1. The summed E-state index contributed by atoms with van der Waals surface area (Å²) in [6, 6.07) is 7.88. The lowest BCUT2D eigenvalue weighted by Gasteiger charge is -2.03. The van der Waals surface area contributed by atoms with Crippen LogP contribution in [0, 0.1) is 0 Å². The molecule has 1 aromatic heterocycles. The van der Waals surface area contributed by atoms with E-state index in [1.165, 1.54) is 17.3 Å². The van der Waals surface area contributed by atoms with Crippen LogP contribution in [0.25, 0.3) is 0 Å². The van der Waals surface area contributed by atoms with Gasteiger partial charge in [-0.15, -0.1) is 10.2 Å². The molecule has 5 heteroatoms. The van der Waals surface area contributed by atoms with E-state index in [0.717, 1.165) is 23.6 Å². The van der Waals surface area contributed by atoms with E-state index in [4.69, 9.17) is 0 Å². The molecule has 0 saturated heterocycles.